The van der Waals surface area contributed by atoms with E-state index in [1.165, 1.54) is 23.8 Å². The lowest BCUT2D eigenvalue weighted by Crippen LogP contribution is -2.30. The molecule has 1 amide bonds. The number of nitrogens with one attached hydrogen (secondary N) is 2. The average Bonchev–Trinajstić information content (AvgIpc) is 2.31. The van der Waals surface area contributed by atoms with E-state index in [1.807, 2.05) is 0 Å². The summed E-state index contributed by atoms with van der Waals surface area (Å²) in [6.07, 6.45) is 0.192. The summed E-state index contributed by atoms with van der Waals surface area (Å²) in [5.41, 5.74) is -5.13. The van der Waals surface area contributed by atoms with E-state index in [2.05, 4.69) is 5.32 Å². The minimum Gasteiger partial charge on any atom is -0.326 e. The highest BCUT2D eigenvalue weighted by molar-refractivity contribution is 7.93. The van der Waals surface area contributed by atoms with E-state index >= 15 is 0 Å². The molecule has 1 aromatic rings. The zero-order chi connectivity index (χ0) is 15.6. The molecule has 0 aliphatic rings. The van der Waals surface area contributed by atoms with Crippen molar-refractivity contribution in [2.45, 2.75) is 25.8 Å². The Morgan fingerprint density at radius 1 is 1.30 bits per heavy atom. The Hall–Kier alpha value is -1.77. The maximum atomic E-state index is 12.3. The molecule has 0 aliphatic heterocycles. The molecular formula is C11H13F3N2O3S. The van der Waals surface area contributed by atoms with Crippen LogP contribution in [0.25, 0.3) is 0 Å². The van der Waals surface area contributed by atoms with Crippen molar-refractivity contribution >= 4 is 27.3 Å². The van der Waals surface area contributed by atoms with E-state index in [0.717, 1.165) is 6.07 Å². The molecule has 0 fully saturated rings. The van der Waals surface area contributed by atoms with Crippen molar-refractivity contribution in [3.05, 3.63) is 23.8 Å². The molecule has 112 valence electrons. The Balaban J connectivity index is 3.07. The number of benzene rings is 1. The first-order valence-corrected chi connectivity index (χ1v) is 7.04. The molecule has 0 spiro atoms. The van der Waals surface area contributed by atoms with Gasteiger partial charge in [-0.15, -0.1) is 0 Å². The molecule has 0 atom stereocenters. The van der Waals surface area contributed by atoms with Crippen molar-refractivity contribution in [2.75, 3.05) is 10.0 Å². The fraction of sp³-hybridized carbons (Fsp3) is 0.364. The third-order valence-corrected chi connectivity index (χ3v) is 3.49. The van der Waals surface area contributed by atoms with Crippen LogP contribution < -0.4 is 10.0 Å². The normalized spacial score (nSPS) is 12.1. The van der Waals surface area contributed by atoms with Crippen LogP contribution in [0.1, 0.15) is 18.9 Å². The first-order chi connectivity index (χ1) is 9.06. The fourth-order valence-electron chi connectivity index (χ4n) is 1.26. The molecular weight excluding hydrogens is 297 g/mol. The van der Waals surface area contributed by atoms with Crippen LogP contribution in [0.2, 0.25) is 0 Å². The van der Waals surface area contributed by atoms with Crippen LogP contribution >= 0.6 is 0 Å². The van der Waals surface area contributed by atoms with Gasteiger partial charge in [0.1, 0.15) is 0 Å². The Kier molecular flexibility index (Phi) is 4.64. The molecule has 1 rings (SSSR count). The third-order valence-electron chi connectivity index (χ3n) is 2.39. The molecule has 2 N–H and O–H groups in total. The quantitative estimate of drug-likeness (QED) is 0.897. The molecule has 0 aromatic heterocycles. The predicted molar refractivity (Wildman–Crippen MR) is 68.7 cm³/mol. The van der Waals surface area contributed by atoms with Gasteiger partial charge in [0, 0.05) is 12.1 Å². The smallest absolute Gasteiger partial charge is 0.326 e. The van der Waals surface area contributed by atoms with E-state index in [1.54, 1.807) is 6.92 Å². The second-order valence-electron chi connectivity index (χ2n) is 3.98. The van der Waals surface area contributed by atoms with Crippen LogP contribution in [-0.2, 0) is 14.8 Å². The molecule has 0 aliphatic carbocycles. The van der Waals surface area contributed by atoms with Crippen molar-refractivity contribution in [3.8, 4) is 0 Å². The van der Waals surface area contributed by atoms with Gasteiger partial charge in [0.05, 0.1) is 5.69 Å². The van der Waals surface area contributed by atoms with Crippen LogP contribution in [0.15, 0.2) is 18.2 Å². The molecule has 0 bridgehead atoms. The van der Waals surface area contributed by atoms with Crippen molar-refractivity contribution in [1.29, 1.82) is 0 Å². The molecule has 0 unspecified atom stereocenters. The topological polar surface area (TPSA) is 75.3 Å². The highest BCUT2D eigenvalue weighted by Gasteiger charge is 2.46. The number of anilines is 2. The molecule has 5 nitrogen and oxygen atoms in total. The molecule has 0 radical (unpaired) electrons. The summed E-state index contributed by atoms with van der Waals surface area (Å²) in [5.74, 6) is -0.335. The van der Waals surface area contributed by atoms with Gasteiger partial charge in [-0.1, -0.05) is 13.0 Å². The Bertz CT molecular complexity index is 612. The lowest BCUT2D eigenvalue weighted by molar-refractivity contribution is -0.115. The summed E-state index contributed by atoms with van der Waals surface area (Å²) in [7, 11) is -5.49. The number of halogens is 3. The number of carbonyl (C=O) groups is 1. The Morgan fingerprint density at radius 3 is 2.40 bits per heavy atom. The largest absolute Gasteiger partial charge is 0.516 e. The second kappa shape index (κ2) is 5.70. The summed E-state index contributed by atoms with van der Waals surface area (Å²) in [6.45, 7) is 3.05. The molecule has 0 saturated carbocycles. The third kappa shape index (κ3) is 3.86. The number of amides is 1. The van der Waals surface area contributed by atoms with Crippen molar-refractivity contribution in [3.63, 3.8) is 0 Å². The van der Waals surface area contributed by atoms with Gasteiger partial charge in [0.15, 0.2) is 0 Å². The predicted octanol–water partition coefficient (Wildman–Crippen LogP) is 2.61. The van der Waals surface area contributed by atoms with Crippen LogP contribution in [-0.4, -0.2) is 19.8 Å². The average molecular weight is 310 g/mol. The molecule has 20 heavy (non-hydrogen) atoms. The van der Waals surface area contributed by atoms with Crippen LogP contribution in [0.3, 0.4) is 0 Å². The number of alkyl halides is 3. The summed E-state index contributed by atoms with van der Waals surface area (Å²) < 4.78 is 60.4. The summed E-state index contributed by atoms with van der Waals surface area (Å²) >= 11 is 0. The number of rotatable bonds is 4. The van der Waals surface area contributed by atoms with E-state index in [9.17, 15) is 26.4 Å². The molecule has 0 heterocycles. The number of carbonyl (C=O) groups excluding carboxylic acids is 1. The van der Waals surface area contributed by atoms with Gasteiger partial charge in [0.25, 0.3) is 0 Å². The maximum absolute atomic E-state index is 12.3. The monoisotopic (exact) mass is 310 g/mol. The summed E-state index contributed by atoms with van der Waals surface area (Å²) in [6, 6.07) is 4.00. The van der Waals surface area contributed by atoms with E-state index in [-0.39, 0.29) is 23.7 Å². The lowest BCUT2D eigenvalue weighted by atomic mass is 10.2. The lowest BCUT2D eigenvalue weighted by Gasteiger charge is -2.14. The maximum Gasteiger partial charge on any atom is 0.516 e. The standard InChI is InChI=1S/C11H13F3N2O3S/c1-3-10(17)15-8-5-4-7(2)9(6-8)16-20(18,19)11(12,13)14/h4-6,16H,3H2,1-2H3,(H,15,17). The molecule has 9 heteroatoms. The van der Waals surface area contributed by atoms with Crippen LogP contribution in [0.4, 0.5) is 24.5 Å². The highest BCUT2D eigenvalue weighted by atomic mass is 32.2. The minimum atomic E-state index is -5.49. The van der Waals surface area contributed by atoms with E-state index in [0.29, 0.717) is 5.56 Å². The number of hydrogen-bond donors (Lipinski definition) is 2. The number of hydrogen-bond acceptors (Lipinski definition) is 3. The van der Waals surface area contributed by atoms with Gasteiger partial charge in [-0.2, -0.15) is 21.6 Å². The van der Waals surface area contributed by atoms with E-state index < -0.39 is 15.5 Å². The minimum absolute atomic E-state index is 0.192. The first-order valence-electron chi connectivity index (χ1n) is 5.56. The van der Waals surface area contributed by atoms with Gasteiger partial charge < -0.3 is 5.32 Å². The molecule has 0 saturated heterocycles. The van der Waals surface area contributed by atoms with Crippen molar-refractivity contribution in [1.82, 2.24) is 0 Å². The van der Waals surface area contributed by atoms with Gasteiger partial charge in [-0.3, -0.25) is 9.52 Å². The zero-order valence-corrected chi connectivity index (χ0v) is 11.5. The second-order valence-corrected chi connectivity index (χ2v) is 5.66. The first kappa shape index (κ1) is 16.3. The van der Waals surface area contributed by atoms with Crippen LogP contribution in [0.5, 0.6) is 0 Å². The van der Waals surface area contributed by atoms with Crippen molar-refractivity contribution in [2.24, 2.45) is 0 Å². The fourth-order valence-corrected chi connectivity index (χ4v) is 1.89. The van der Waals surface area contributed by atoms with Gasteiger partial charge in [0.2, 0.25) is 5.91 Å². The Labute approximate surface area is 114 Å². The van der Waals surface area contributed by atoms with E-state index in [4.69, 9.17) is 0 Å². The van der Waals surface area contributed by atoms with Gasteiger partial charge in [-0.25, -0.2) is 0 Å². The summed E-state index contributed by atoms with van der Waals surface area (Å²) in [5, 5.41) is 2.43. The zero-order valence-electron chi connectivity index (χ0n) is 10.7. The summed E-state index contributed by atoms with van der Waals surface area (Å²) in [4.78, 5) is 11.2. The Morgan fingerprint density at radius 2 is 1.90 bits per heavy atom. The van der Waals surface area contributed by atoms with Crippen molar-refractivity contribution < 1.29 is 26.4 Å². The van der Waals surface area contributed by atoms with Gasteiger partial charge in [-0.05, 0) is 24.6 Å². The highest BCUT2D eigenvalue weighted by Crippen LogP contribution is 2.28. The number of sulfonamides is 1. The number of aryl methyl sites for hydroxylation is 1. The molecule has 1 aromatic carbocycles. The SMILES string of the molecule is CCC(=O)Nc1ccc(C)c(NS(=O)(=O)C(F)(F)F)c1. The van der Waals surface area contributed by atoms with Gasteiger partial charge >= 0.3 is 15.5 Å². The van der Waals surface area contributed by atoms with Crippen LogP contribution in [0, 0.1) is 6.92 Å².